The third-order valence-corrected chi connectivity index (χ3v) is 8.85. The molecule has 7 nitrogen and oxygen atoms in total. The first-order chi connectivity index (χ1) is 18.6. The zero-order valence-corrected chi connectivity index (χ0v) is 24.4. The lowest BCUT2D eigenvalue weighted by molar-refractivity contribution is -0.139. The number of aryl methyl sites for hydroxylation is 2. The third-order valence-electron chi connectivity index (χ3n) is 6.65. The van der Waals surface area contributed by atoms with Gasteiger partial charge >= 0.3 is 0 Å². The fourth-order valence-electron chi connectivity index (χ4n) is 4.08. The van der Waals surface area contributed by atoms with Crippen molar-refractivity contribution in [1.82, 2.24) is 10.2 Å². The van der Waals surface area contributed by atoms with Crippen LogP contribution >= 0.6 is 11.6 Å². The van der Waals surface area contributed by atoms with Crippen molar-refractivity contribution in [3.63, 3.8) is 0 Å². The Balaban J connectivity index is 2.02. The number of nitrogens with zero attached hydrogens (tertiary/aromatic N) is 2. The highest BCUT2D eigenvalue weighted by Gasteiger charge is 2.32. The average Bonchev–Trinajstić information content (AvgIpc) is 2.92. The first-order valence-corrected chi connectivity index (χ1v) is 14.8. The topological polar surface area (TPSA) is 86.8 Å². The summed E-state index contributed by atoms with van der Waals surface area (Å²) in [6.45, 7) is 7.60. The van der Waals surface area contributed by atoms with Gasteiger partial charge in [0.15, 0.2) is 0 Å². The molecule has 0 unspecified atom stereocenters. The van der Waals surface area contributed by atoms with Gasteiger partial charge in [-0.05, 0) is 68.1 Å². The number of amides is 2. The fourth-order valence-corrected chi connectivity index (χ4v) is 5.68. The second kappa shape index (κ2) is 13.6. The minimum absolute atomic E-state index is 0.0466. The van der Waals surface area contributed by atoms with Gasteiger partial charge in [-0.2, -0.15) is 0 Å². The van der Waals surface area contributed by atoms with E-state index < -0.39 is 28.5 Å². The van der Waals surface area contributed by atoms with Crippen LogP contribution in [0, 0.1) is 13.8 Å². The molecule has 3 aromatic rings. The Morgan fingerprint density at radius 2 is 1.62 bits per heavy atom. The molecule has 0 bridgehead atoms. The SMILES string of the molecule is CCCCNC(=O)[C@H](C)N(Cc1ccccc1C)C(=O)CN(c1ccc(C)c(Cl)c1)S(=O)(=O)c1ccccc1. The molecular formula is C30H36ClN3O4S. The number of unbranched alkanes of at least 4 members (excludes halogenated alkanes) is 1. The first-order valence-electron chi connectivity index (χ1n) is 13.0. The predicted molar refractivity (Wildman–Crippen MR) is 156 cm³/mol. The van der Waals surface area contributed by atoms with Crippen molar-refractivity contribution in [1.29, 1.82) is 0 Å². The Morgan fingerprint density at radius 1 is 0.949 bits per heavy atom. The summed E-state index contributed by atoms with van der Waals surface area (Å²) < 4.78 is 28.7. The van der Waals surface area contributed by atoms with E-state index in [0.29, 0.717) is 11.6 Å². The Labute approximate surface area is 236 Å². The molecule has 0 saturated carbocycles. The zero-order chi connectivity index (χ0) is 28.6. The van der Waals surface area contributed by atoms with Gasteiger partial charge in [0, 0.05) is 18.1 Å². The third kappa shape index (κ3) is 7.61. The van der Waals surface area contributed by atoms with Crippen LogP contribution in [0.15, 0.2) is 77.7 Å². The summed E-state index contributed by atoms with van der Waals surface area (Å²) in [5, 5.41) is 3.27. The van der Waals surface area contributed by atoms with Crippen LogP contribution in [0.3, 0.4) is 0 Å². The van der Waals surface area contributed by atoms with Gasteiger partial charge in [0.25, 0.3) is 10.0 Å². The zero-order valence-electron chi connectivity index (χ0n) is 22.9. The molecule has 0 fully saturated rings. The van der Waals surface area contributed by atoms with E-state index in [1.54, 1.807) is 37.3 Å². The number of hydrogen-bond donors (Lipinski definition) is 1. The molecule has 0 aliphatic carbocycles. The molecule has 0 aromatic heterocycles. The quantitative estimate of drug-likeness (QED) is 0.292. The van der Waals surface area contributed by atoms with Gasteiger partial charge in [0.05, 0.1) is 10.6 Å². The molecule has 1 atom stereocenters. The van der Waals surface area contributed by atoms with Crippen LogP contribution in [-0.4, -0.2) is 44.3 Å². The number of sulfonamides is 1. The number of halogens is 1. The van der Waals surface area contributed by atoms with E-state index in [9.17, 15) is 18.0 Å². The van der Waals surface area contributed by atoms with E-state index >= 15 is 0 Å². The molecule has 0 aliphatic heterocycles. The second-order valence-electron chi connectivity index (χ2n) is 9.53. The number of benzene rings is 3. The summed E-state index contributed by atoms with van der Waals surface area (Å²) in [7, 11) is -4.13. The van der Waals surface area contributed by atoms with Gasteiger partial charge in [0.2, 0.25) is 11.8 Å². The highest BCUT2D eigenvalue weighted by Crippen LogP contribution is 2.28. The minimum Gasteiger partial charge on any atom is -0.354 e. The van der Waals surface area contributed by atoms with E-state index in [2.05, 4.69) is 5.32 Å². The summed E-state index contributed by atoms with van der Waals surface area (Å²) in [6.07, 6.45) is 1.74. The molecule has 0 saturated heterocycles. The van der Waals surface area contributed by atoms with Crippen molar-refractivity contribution in [3.8, 4) is 0 Å². The molecule has 3 aromatic carbocycles. The lowest BCUT2D eigenvalue weighted by Crippen LogP contribution is -2.51. The highest BCUT2D eigenvalue weighted by atomic mass is 35.5. The molecule has 208 valence electrons. The van der Waals surface area contributed by atoms with Gasteiger partial charge < -0.3 is 10.2 Å². The molecular weight excluding hydrogens is 534 g/mol. The lowest BCUT2D eigenvalue weighted by Gasteiger charge is -2.32. The highest BCUT2D eigenvalue weighted by molar-refractivity contribution is 7.92. The van der Waals surface area contributed by atoms with Crippen LogP contribution in [0.1, 0.15) is 43.4 Å². The van der Waals surface area contributed by atoms with E-state index in [4.69, 9.17) is 11.6 Å². The van der Waals surface area contributed by atoms with Crippen LogP contribution in [0.5, 0.6) is 0 Å². The average molecular weight is 570 g/mol. The Morgan fingerprint density at radius 3 is 2.26 bits per heavy atom. The molecule has 2 amide bonds. The molecule has 0 heterocycles. The van der Waals surface area contributed by atoms with E-state index in [0.717, 1.165) is 33.8 Å². The monoisotopic (exact) mass is 569 g/mol. The predicted octanol–water partition coefficient (Wildman–Crippen LogP) is 5.49. The molecule has 1 N–H and O–H groups in total. The van der Waals surface area contributed by atoms with Crippen molar-refractivity contribution < 1.29 is 18.0 Å². The van der Waals surface area contributed by atoms with Crippen LogP contribution in [0.2, 0.25) is 5.02 Å². The summed E-state index contributed by atoms with van der Waals surface area (Å²) in [6, 6.07) is 19.6. The summed E-state index contributed by atoms with van der Waals surface area (Å²) in [5.41, 5.74) is 2.88. The van der Waals surface area contributed by atoms with E-state index in [1.807, 2.05) is 45.0 Å². The largest absolute Gasteiger partial charge is 0.354 e. The van der Waals surface area contributed by atoms with Gasteiger partial charge in [0.1, 0.15) is 12.6 Å². The van der Waals surface area contributed by atoms with Crippen LogP contribution in [-0.2, 0) is 26.2 Å². The Kier molecular flexibility index (Phi) is 10.5. The summed E-state index contributed by atoms with van der Waals surface area (Å²) in [5.74, 6) is -0.797. The maximum atomic E-state index is 14.0. The van der Waals surface area contributed by atoms with Crippen molar-refractivity contribution in [3.05, 3.63) is 94.5 Å². The number of anilines is 1. The number of carbonyl (C=O) groups is 2. The molecule has 0 spiro atoms. The molecule has 0 aliphatic rings. The van der Waals surface area contributed by atoms with Gasteiger partial charge in [-0.25, -0.2) is 8.42 Å². The smallest absolute Gasteiger partial charge is 0.264 e. The Hall–Kier alpha value is -3.36. The van der Waals surface area contributed by atoms with Crippen molar-refractivity contribution in [2.24, 2.45) is 0 Å². The fraction of sp³-hybridized carbons (Fsp3) is 0.333. The van der Waals surface area contributed by atoms with Crippen molar-refractivity contribution >= 4 is 39.1 Å². The number of hydrogen-bond acceptors (Lipinski definition) is 4. The second-order valence-corrected chi connectivity index (χ2v) is 11.8. The van der Waals surface area contributed by atoms with Crippen molar-refractivity contribution in [2.75, 3.05) is 17.4 Å². The number of rotatable bonds is 12. The van der Waals surface area contributed by atoms with Gasteiger partial charge in [-0.15, -0.1) is 0 Å². The Bertz CT molecular complexity index is 1400. The van der Waals surface area contributed by atoms with Crippen molar-refractivity contribution in [2.45, 2.75) is 58.0 Å². The maximum Gasteiger partial charge on any atom is 0.264 e. The maximum absolute atomic E-state index is 14.0. The molecule has 3 rings (SSSR count). The van der Waals surface area contributed by atoms with Crippen LogP contribution < -0.4 is 9.62 Å². The number of nitrogens with one attached hydrogen (secondary N) is 1. The molecule has 9 heteroatoms. The summed E-state index contributed by atoms with van der Waals surface area (Å²) in [4.78, 5) is 28.5. The first kappa shape index (κ1) is 30.2. The molecule has 39 heavy (non-hydrogen) atoms. The number of carbonyl (C=O) groups excluding carboxylic acids is 2. The van der Waals surface area contributed by atoms with Gasteiger partial charge in [-0.1, -0.05) is 73.5 Å². The van der Waals surface area contributed by atoms with Crippen LogP contribution in [0.25, 0.3) is 0 Å². The lowest BCUT2D eigenvalue weighted by atomic mass is 10.1. The molecule has 0 radical (unpaired) electrons. The standard InChI is InChI=1S/C30H36ClN3O4S/c1-5-6-18-32-30(36)24(4)33(20-25-13-11-10-12-22(25)2)29(35)21-34(26-17-16-23(3)28(31)19-26)39(37,38)27-14-8-7-9-15-27/h7-17,19,24H,5-6,18,20-21H2,1-4H3,(H,32,36)/t24-/m0/s1. The van der Waals surface area contributed by atoms with Gasteiger partial charge in [-0.3, -0.25) is 13.9 Å². The normalized spacial score (nSPS) is 12.0. The van der Waals surface area contributed by atoms with E-state index in [-0.39, 0.29) is 23.0 Å². The minimum atomic E-state index is -4.13. The summed E-state index contributed by atoms with van der Waals surface area (Å²) >= 11 is 6.36. The van der Waals surface area contributed by atoms with E-state index in [1.165, 1.54) is 23.1 Å². The van der Waals surface area contributed by atoms with Crippen LogP contribution in [0.4, 0.5) is 5.69 Å².